The van der Waals surface area contributed by atoms with E-state index in [1.807, 2.05) is 0 Å². The summed E-state index contributed by atoms with van der Waals surface area (Å²) in [5.41, 5.74) is -1.37. The van der Waals surface area contributed by atoms with Crippen LogP contribution in [0.15, 0.2) is 6.33 Å². The van der Waals surface area contributed by atoms with Crippen LogP contribution >= 0.6 is 11.5 Å². The monoisotopic (exact) mass is 202 g/mol. The first-order valence-electron chi connectivity index (χ1n) is 3.75. The van der Waals surface area contributed by atoms with Gasteiger partial charge in [0.15, 0.2) is 5.01 Å². The topological polar surface area (TPSA) is 72.3 Å². The average molecular weight is 202 g/mol. The largest absolute Gasteiger partial charge is 0.479 e. The molecule has 0 aliphatic carbocycles. The van der Waals surface area contributed by atoms with Crippen LogP contribution in [0.3, 0.4) is 0 Å². The molecule has 0 fully saturated rings. The molecule has 1 aromatic heterocycles. The summed E-state index contributed by atoms with van der Waals surface area (Å²) in [5.74, 6) is -1.05. The number of nitrogens with zero attached hydrogens (tertiary/aromatic N) is 2. The van der Waals surface area contributed by atoms with E-state index in [4.69, 9.17) is 9.84 Å². The molecule has 1 atom stereocenters. The fourth-order valence-electron chi connectivity index (χ4n) is 0.887. The van der Waals surface area contributed by atoms with Crippen LogP contribution in [0.25, 0.3) is 0 Å². The predicted molar refractivity (Wildman–Crippen MR) is 46.5 cm³/mol. The third kappa shape index (κ3) is 1.84. The molecule has 1 aromatic rings. The van der Waals surface area contributed by atoms with Gasteiger partial charge in [0.2, 0.25) is 5.60 Å². The number of aliphatic carboxylic acids is 1. The standard InChI is InChI=1S/C7H10N2O3S/c1-3-12-7(2,6(10)11)5-8-4-9-13-5/h4H,3H2,1-2H3,(H,10,11). The van der Waals surface area contributed by atoms with Gasteiger partial charge in [0, 0.05) is 6.61 Å². The molecule has 0 amide bonds. The number of hydrogen-bond acceptors (Lipinski definition) is 5. The Morgan fingerprint density at radius 1 is 1.85 bits per heavy atom. The third-order valence-electron chi connectivity index (χ3n) is 1.61. The van der Waals surface area contributed by atoms with E-state index in [0.717, 1.165) is 11.5 Å². The number of carboxylic acid groups (broad SMARTS) is 1. The second-order valence-electron chi connectivity index (χ2n) is 2.52. The van der Waals surface area contributed by atoms with Gasteiger partial charge in [-0.3, -0.25) is 0 Å². The number of carboxylic acids is 1. The maximum atomic E-state index is 10.9. The van der Waals surface area contributed by atoms with E-state index in [-0.39, 0.29) is 0 Å². The highest BCUT2D eigenvalue weighted by Crippen LogP contribution is 2.25. The lowest BCUT2D eigenvalue weighted by molar-refractivity contribution is -0.164. The van der Waals surface area contributed by atoms with Gasteiger partial charge in [-0.05, 0) is 25.4 Å². The Morgan fingerprint density at radius 3 is 2.92 bits per heavy atom. The van der Waals surface area contributed by atoms with Gasteiger partial charge in [0.25, 0.3) is 0 Å². The van der Waals surface area contributed by atoms with Crippen molar-refractivity contribution in [1.82, 2.24) is 9.36 Å². The van der Waals surface area contributed by atoms with Gasteiger partial charge in [-0.1, -0.05) is 0 Å². The fourth-order valence-corrected chi connectivity index (χ4v) is 1.50. The SMILES string of the molecule is CCOC(C)(C(=O)O)c1ncns1. The van der Waals surface area contributed by atoms with Crippen molar-refractivity contribution in [2.45, 2.75) is 19.4 Å². The van der Waals surface area contributed by atoms with E-state index < -0.39 is 11.6 Å². The number of carbonyl (C=O) groups is 1. The number of aromatic nitrogens is 2. The molecule has 1 heterocycles. The average Bonchev–Trinajstić information content (AvgIpc) is 2.56. The number of rotatable bonds is 4. The zero-order valence-corrected chi connectivity index (χ0v) is 8.17. The normalized spacial score (nSPS) is 15.2. The van der Waals surface area contributed by atoms with Crippen LogP contribution in [0.5, 0.6) is 0 Å². The van der Waals surface area contributed by atoms with Gasteiger partial charge in [0.05, 0.1) is 0 Å². The van der Waals surface area contributed by atoms with Gasteiger partial charge < -0.3 is 9.84 Å². The lowest BCUT2D eigenvalue weighted by Gasteiger charge is -2.21. The van der Waals surface area contributed by atoms with Crippen molar-refractivity contribution < 1.29 is 14.6 Å². The number of hydrogen-bond donors (Lipinski definition) is 1. The van der Waals surface area contributed by atoms with Crippen LogP contribution in [0.4, 0.5) is 0 Å². The zero-order chi connectivity index (χ0) is 9.90. The van der Waals surface area contributed by atoms with E-state index in [1.165, 1.54) is 13.3 Å². The Morgan fingerprint density at radius 2 is 2.54 bits per heavy atom. The maximum absolute atomic E-state index is 10.9. The molecular formula is C7H10N2O3S. The molecule has 0 aromatic carbocycles. The molecule has 72 valence electrons. The Kier molecular flexibility index (Phi) is 2.94. The summed E-state index contributed by atoms with van der Waals surface area (Å²) in [7, 11) is 0. The number of ether oxygens (including phenoxy) is 1. The molecule has 1 N–H and O–H groups in total. The summed E-state index contributed by atoms with van der Waals surface area (Å²) in [4.78, 5) is 14.8. The van der Waals surface area contributed by atoms with Gasteiger partial charge in [-0.25, -0.2) is 9.78 Å². The van der Waals surface area contributed by atoms with E-state index in [9.17, 15) is 4.79 Å². The second-order valence-corrected chi connectivity index (χ2v) is 3.30. The maximum Gasteiger partial charge on any atom is 0.342 e. The molecule has 1 rings (SSSR count). The Balaban J connectivity index is 2.98. The van der Waals surface area contributed by atoms with Crippen molar-refractivity contribution in [2.75, 3.05) is 6.61 Å². The van der Waals surface area contributed by atoms with Crippen LogP contribution < -0.4 is 0 Å². The predicted octanol–water partition coefficient (Wildman–Crippen LogP) is 0.874. The highest BCUT2D eigenvalue weighted by Gasteiger charge is 2.39. The molecular weight excluding hydrogens is 192 g/mol. The first-order chi connectivity index (χ1) is 6.11. The van der Waals surface area contributed by atoms with Crippen molar-refractivity contribution >= 4 is 17.5 Å². The van der Waals surface area contributed by atoms with E-state index >= 15 is 0 Å². The van der Waals surface area contributed by atoms with E-state index in [1.54, 1.807) is 6.92 Å². The van der Waals surface area contributed by atoms with Crippen molar-refractivity contribution in [1.29, 1.82) is 0 Å². The minimum absolute atomic E-state index is 0.322. The van der Waals surface area contributed by atoms with Gasteiger partial charge in [-0.15, -0.1) is 0 Å². The fraction of sp³-hybridized carbons (Fsp3) is 0.571. The Hall–Kier alpha value is -1.01. The van der Waals surface area contributed by atoms with Crippen LogP contribution in [0.2, 0.25) is 0 Å². The Labute approximate surface area is 79.5 Å². The van der Waals surface area contributed by atoms with E-state index in [0.29, 0.717) is 11.6 Å². The summed E-state index contributed by atoms with van der Waals surface area (Å²) in [6.45, 7) is 3.53. The molecule has 5 nitrogen and oxygen atoms in total. The van der Waals surface area contributed by atoms with Crippen LogP contribution in [-0.4, -0.2) is 27.0 Å². The van der Waals surface area contributed by atoms with Crippen LogP contribution in [0, 0.1) is 0 Å². The summed E-state index contributed by atoms with van der Waals surface area (Å²) in [5, 5.41) is 9.31. The first kappa shape index (κ1) is 10.1. The molecule has 0 spiro atoms. The zero-order valence-electron chi connectivity index (χ0n) is 7.35. The quantitative estimate of drug-likeness (QED) is 0.784. The Bertz CT molecular complexity index is 288. The van der Waals surface area contributed by atoms with Gasteiger partial charge >= 0.3 is 5.97 Å². The van der Waals surface area contributed by atoms with Crippen molar-refractivity contribution in [2.24, 2.45) is 0 Å². The van der Waals surface area contributed by atoms with Crippen LogP contribution in [0.1, 0.15) is 18.9 Å². The van der Waals surface area contributed by atoms with E-state index in [2.05, 4.69) is 9.36 Å². The molecule has 0 aliphatic heterocycles. The van der Waals surface area contributed by atoms with Crippen molar-refractivity contribution in [3.05, 3.63) is 11.3 Å². The summed E-state index contributed by atoms with van der Waals surface area (Å²) < 4.78 is 8.88. The lowest BCUT2D eigenvalue weighted by atomic mass is 10.1. The minimum Gasteiger partial charge on any atom is -0.479 e. The molecule has 6 heteroatoms. The second kappa shape index (κ2) is 3.80. The molecule has 0 bridgehead atoms. The van der Waals surface area contributed by atoms with Crippen molar-refractivity contribution in [3.8, 4) is 0 Å². The molecule has 0 radical (unpaired) electrons. The molecule has 1 unspecified atom stereocenters. The summed E-state index contributed by atoms with van der Waals surface area (Å²) in [6, 6.07) is 0. The molecule has 0 aliphatic rings. The van der Waals surface area contributed by atoms with Crippen LogP contribution in [-0.2, 0) is 15.1 Å². The van der Waals surface area contributed by atoms with Crippen molar-refractivity contribution in [3.63, 3.8) is 0 Å². The smallest absolute Gasteiger partial charge is 0.342 e. The molecule has 0 saturated heterocycles. The molecule has 13 heavy (non-hydrogen) atoms. The molecule has 0 saturated carbocycles. The summed E-state index contributed by atoms with van der Waals surface area (Å²) >= 11 is 1.03. The third-order valence-corrected chi connectivity index (χ3v) is 2.48. The highest BCUT2D eigenvalue weighted by atomic mass is 32.1. The van der Waals surface area contributed by atoms with Gasteiger partial charge in [-0.2, -0.15) is 4.37 Å². The minimum atomic E-state index is -1.37. The first-order valence-corrected chi connectivity index (χ1v) is 4.53. The lowest BCUT2D eigenvalue weighted by Crippen LogP contribution is -2.35. The van der Waals surface area contributed by atoms with Gasteiger partial charge in [0.1, 0.15) is 6.33 Å². The summed E-state index contributed by atoms with van der Waals surface area (Å²) in [6.07, 6.45) is 1.32. The highest BCUT2D eigenvalue weighted by molar-refractivity contribution is 7.05.